The summed E-state index contributed by atoms with van der Waals surface area (Å²) in [5.41, 5.74) is 3.71. The van der Waals surface area contributed by atoms with Crippen molar-refractivity contribution < 1.29 is 5.11 Å². The van der Waals surface area contributed by atoms with E-state index in [2.05, 4.69) is 34.1 Å². The Morgan fingerprint density at radius 1 is 1.15 bits per heavy atom. The summed E-state index contributed by atoms with van der Waals surface area (Å²) in [6.07, 6.45) is 3.55. The Morgan fingerprint density at radius 3 is 2.75 bits per heavy atom. The number of nitrogens with zero attached hydrogens (tertiary/aromatic N) is 2. The Kier molecular flexibility index (Phi) is 3.70. The summed E-state index contributed by atoms with van der Waals surface area (Å²) in [7, 11) is 0. The third kappa shape index (κ3) is 2.54. The monoisotopic (exact) mass is 268 g/mol. The molecular weight excluding hydrogens is 248 g/mol. The molecule has 0 amide bonds. The molecule has 20 heavy (non-hydrogen) atoms. The summed E-state index contributed by atoms with van der Waals surface area (Å²) in [5, 5.41) is 9.93. The third-order valence-electron chi connectivity index (χ3n) is 3.92. The summed E-state index contributed by atoms with van der Waals surface area (Å²) < 4.78 is 0. The molecule has 1 aromatic heterocycles. The summed E-state index contributed by atoms with van der Waals surface area (Å²) in [5.74, 6) is 0.916. The van der Waals surface area contributed by atoms with Crippen LogP contribution >= 0.6 is 0 Å². The van der Waals surface area contributed by atoms with Crippen LogP contribution in [0, 0.1) is 0 Å². The molecule has 3 nitrogen and oxygen atoms in total. The number of hydrogen-bond acceptors (Lipinski definition) is 3. The maximum atomic E-state index is 9.93. The molecule has 0 spiro atoms. The SMILES string of the molecule is C[C@H](O)c1cccnc1N1CCCc2ccccc2C1. The molecule has 104 valence electrons. The molecule has 1 N–H and O–H groups in total. The molecule has 0 saturated carbocycles. The van der Waals surface area contributed by atoms with Gasteiger partial charge in [-0.05, 0) is 37.0 Å². The number of rotatable bonds is 2. The van der Waals surface area contributed by atoms with E-state index in [-0.39, 0.29) is 0 Å². The van der Waals surface area contributed by atoms with Gasteiger partial charge in [-0.25, -0.2) is 4.98 Å². The predicted molar refractivity (Wildman–Crippen MR) is 80.7 cm³/mol. The second-order valence-corrected chi connectivity index (χ2v) is 5.39. The minimum Gasteiger partial charge on any atom is -0.389 e. The van der Waals surface area contributed by atoms with Crippen molar-refractivity contribution in [1.29, 1.82) is 0 Å². The quantitative estimate of drug-likeness (QED) is 0.909. The lowest BCUT2D eigenvalue weighted by molar-refractivity contribution is 0.199. The van der Waals surface area contributed by atoms with Crippen LogP contribution in [0.3, 0.4) is 0 Å². The van der Waals surface area contributed by atoms with E-state index in [1.54, 1.807) is 13.1 Å². The van der Waals surface area contributed by atoms with Gasteiger partial charge in [0.15, 0.2) is 0 Å². The average molecular weight is 268 g/mol. The second kappa shape index (κ2) is 5.63. The van der Waals surface area contributed by atoms with Crippen molar-refractivity contribution in [1.82, 2.24) is 4.98 Å². The Morgan fingerprint density at radius 2 is 1.95 bits per heavy atom. The van der Waals surface area contributed by atoms with Crippen LogP contribution in [-0.2, 0) is 13.0 Å². The van der Waals surface area contributed by atoms with E-state index in [1.807, 2.05) is 12.1 Å². The molecule has 3 rings (SSSR count). The van der Waals surface area contributed by atoms with Crippen LogP contribution in [0.15, 0.2) is 42.6 Å². The van der Waals surface area contributed by atoms with Crippen LogP contribution in [0.5, 0.6) is 0 Å². The van der Waals surface area contributed by atoms with E-state index in [1.165, 1.54) is 11.1 Å². The van der Waals surface area contributed by atoms with Crippen LogP contribution in [0.25, 0.3) is 0 Å². The first-order valence-electron chi connectivity index (χ1n) is 7.20. The van der Waals surface area contributed by atoms with Crippen molar-refractivity contribution >= 4 is 5.82 Å². The van der Waals surface area contributed by atoms with Gasteiger partial charge in [0.05, 0.1) is 6.10 Å². The highest BCUT2D eigenvalue weighted by molar-refractivity contribution is 5.49. The number of hydrogen-bond donors (Lipinski definition) is 1. The highest BCUT2D eigenvalue weighted by Gasteiger charge is 2.19. The lowest BCUT2D eigenvalue weighted by Crippen LogP contribution is -2.25. The molecule has 1 aliphatic rings. The van der Waals surface area contributed by atoms with E-state index in [9.17, 15) is 5.11 Å². The third-order valence-corrected chi connectivity index (χ3v) is 3.92. The van der Waals surface area contributed by atoms with Crippen LogP contribution in [0.2, 0.25) is 0 Å². The smallest absolute Gasteiger partial charge is 0.134 e. The van der Waals surface area contributed by atoms with E-state index < -0.39 is 6.10 Å². The Labute approximate surface area is 119 Å². The van der Waals surface area contributed by atoms with Gasteiger partial charge in [-0.1, -0.05) is 30.3 Å². The van der Waals surface area contributed by atoms with Gasteiger partial charge >= 0.3 is 0 Å². The molecule has 0 bridgehead atoms. The molecule has 1 aromatic carbocycles. The van der Waals surface area contributed by atoms with Crippen LogP contribution < -0.4 is 4.90 Å². The van der Waals surface area contributed by atoms with Gasteiger partial charge in [0.2, 0.25) is 0 Å². The Balaban J connectivity index is 1.96. The fourth-order valence-electron chi connectivity index (χ4n) is 2.88. The van der Waals surface area contributed by atoms with Crippen molar-refractivity contribution in [3.8, 4) is 0 Å². The fraction of sp³-hybridized carbons (Fsp3) is 0.353. The van der Waals surface area contributed by atoms with E-state index in [0.29, 0.717) is 0 Å². The largest absolute Gasteiger partial charge is 0.389 e. The highest BCUT2D eigenvalue weighted by Crippen LogP contribution is 2.28. The first-order valence-corrected chi connectivity index (χ1v) is 7.20. The molecule has 1 aliphatic heterocycles. The van der Waals surface area contributed by atoms with Gasteiger partial charge in [0.25, 0.3) is 0 Å². The molecule has 0 unspecified atom stereocenters. The van der Waals surface area contributed by atoms with Gasteiger partial charge in [0, 0.05) is 24.8 Å². The molecule has 0 radical (unpaired) electrons. The molecule has 0 saturated heterocycles. The molecule has 0 aliphatic carbocycles. The van der Waals surface area contributed by atoms with Crippen molar-refractivity contribution in [2.24, 2.45) is 0 Å². The number of aliphatic hydroxyl groups is 1. The molecule has 1 atom stereocenters. The molecule has 3 heteroatoms. The lowest BCUT2D eigenvalue weighted by Gasteiger charge is -2.25. The number of benzene rings is 1. The maximum Gasteiger partial charge on any atom is 0.134 e. The summed E-state index contributed by atoms with van der Waals surface area (Å²) in [6.45, 7) is 3.64. The molecule has 2 heterocycles. The zero-order chi connectivity index (χ0) is 13.9. The molecule has 0 fully saturated rings. The zero-order valence-electron chi connectivity index (χ0n) is 11.8. The standard InChI is InChI=1S/C17H20N2O/c1-13(20)16-9-4-10-18-17(16)19-11-5-8-14-6-2-3-7-15(14)12-19/h2-4,6-7,9-10,13,20H,5,8,11-12H2,1H3/t13-/m0/s1. The topological polar surface area (TPSA) is 36.4 Å². The van der Waals surface area contributed by atoms with Crippen molar-refractivity contribution in [3.05, 3.63) is 59.3 Å². The molecular formula is C17H20N2O. The minimum atomic E-state index is -0.489. The number of fused-ring (bicyclic) bond motifs is 1. The highest BCUT2D eigenvalue weighted by atomic mass is 16.3. The van der Waals surface area contributed by atoms with Gasteiger partial charge in [0.1, 0.15) is 5.82 Å². The predicted octanol–water partition coefficient (Wildman–Crippen LogP) is 3.09. The zero-order valence-corrected chi connectivity index (χ0v) is 11.8. The summed E-state index contributed by atoms with van der Waals surface area (Å²) in [6, 6.07) is 12.5. The maximum absolute atomic E-state index is 9.93. The van der Waals surface area contributed by atoms with E-state index in [0.717, 1.165) is 37.3 Å². The number of pyridine rings is 1. The number of anilines is 1. The second-order valence-electron chi connectivity index (χ2n) is 5.39. The van der Waals surface area contributed by atoms with Gasteiger partial charge in [-0.15, -0.1) is 0 Å². The first kappa shape index (κ1) is 13.1. The normalized spacial score (nSPS) is 16.4. The Bertz CT molecular complexity index is 595. The lowest BCUT2D eigenvalue weighted by atomic mass is 10.0. The summed E-state index contributed by atoms with van der Waals surface area (Å²) in [4.78, 5) is 6.79. The van der Waals surface area contributed by atoms with Crippen molar-refractivity contribution in [3.63, 3.8) is 0 Å². The number of aryl methyl sites for hydroxylation is 1. The number of aliphatic hydroxyl groups excluding tert-OH is 1. The van der Waals surface area contributed by atoms with E-state index in [4.69, 9.17) is 0 Å². The van der Waals surface area contributed by atoms with Crippen LogP contribution in [0.4, 0.5) is 5.82 Å². The van der Waals surface area contributed by atoms with Gasteiger partial charge < -0.3 is 10.0 Å². The van der Waals surface area contributed by atoms with Crippen molar-refractivity contribution in [2.75, 3.05) is 11.4 Å². The Hall–Kier alpha value is -1.87. The minimum absolute atomic E-state index is 0.489. The van der Waals surface area contributed by atoms with Crippen LogP contribution in [0.1, 0.15) is 36.1 Å². The van der Waals surface area contributed by atoms with Crippen molar-refractivity contribution in [2.45, 2.75) is 32.4 Å². The average Bonchev–Trinajstić information content (AvgIpc) is 2.69. The van der Waals surface area contributed by atoms with Gasteiger partial charge in [-0.2, -0.15) is 0 Å². The van der Waals surface area contributed by atoms with Crippen LogP contribution in [-0.4, -0.2) is 16.6 Å². The van der Waals surface area contributed by atoms with E-state index >= 15 is 0 Å². The molecule has 2 aromatic rings. The summed E-state index contributed by atoms with van der Waals surface area (Å²) >= 11 is 0. The fourth-order valence-corrected chi connectivity index (χ4v) is 2.88. The first-order chi connectivity index (χ1) is 9.75. The van der Waals surface area contributed by atoms with Gasteiger partial charge in [-0.3, -0.25) is 0 Å². The number of aromatic nitrogens is 1.